The van der Waals surface area contributed by atoms with Gasteiger partial charge in [0.2, 0.25) is 15.9 Å². The molecule has 9 heteroatoms. The fraction of sp³-hybridized carbons (Fsp3) is 0.409. The van der Waals surface area contributed by atoms with E-state index in [1.54, 1.807) is 28.6 Å². The van der Waals surface area contributed by atoms with E-state index in [2.05, 4.69) is 16.2 Å². The fourth-order valence-corrected chi connectivity index (χ4v) is 5.92. The van der Waals surface area contributed by atoms with Gasteiger partial charge in [-0.15, -0.1) is 0 Å². The molecule has 8 nitrogen and oxygen atoms in total. The van der Waals surface area contributed by atoms with Crippen molar-refractivity contribution in [2.24, 2.45) is 0 Å². The van der Waals surface area contributed by atoms with Crippen molar-refractivity contribution >= 4 is 21.6 Å². The van der Waals surface area contributed by atoms with Gasteiger partial charge in [0.25, 0.3) is 0 Å². The highest BCUT2D eigenvalue weighted by molar-refractivity contribution is 7.89. The van der Waals surface area contributed by atoms with Crippen LogP contribution in [0, 0.1) is 0 Å². The molecular formula is C22H28N4O4S. The van der Waals surface area contributed by atoms with Crippen molar-refractivity contribution in [2.45, 2.75) is 55.6 Å². The lowest BCUT2D eigenvalue weighted by Crippen LogP contribution is -2.41. The van der Waals surface area contributed by atoms with E-state index in [-0.39, 0.29) is 28.6 Å². The summed E-state index contributed by atoms with van der Waals surface area (Å²) < 4.78 is 27.4. The number of nitrogens with zero attached hydrogens (tertiary/aromatic N) is 1. The van der Waals surface area contributed by atoms with Gasteiger partial charge < -0.3 is 10.4 Å². The van der Waals surface area contributed by atoms with Crippen LogP contribution >= 0.6 is 0 Å². The van der Waals surface area contributed by atoms with Gasteiger partial charge in [0.1, 0.15) is 11.8 Å². The summed E-state index contributed by atoms with van der Waals surface area (Å²) in [7, 11) is -3.54. The van der Waals surface area contributed by atoms with E-state index in [4.69, 9.17) is 0 Å². The molecule has 0 saturated carbocycles. The number of aromatic hydroxyl groups is 1. The van der Waals surface area contributed by atoms with E-state index in [0.717, 1.165) is 24.8 Å². The number of amides is 1. The predicted molar refractivity (Wildman–Crippen MR) is 118 cm³/mol. The molecule has 1 amide bonds. The summed E-state index contributed by atoms with van der Waals surface area (Å²) in [5.41, 5.74) is 7.26. The Kier molecular flexibility index (Phi) is 6.29. The number of hydrogen-bond acceptors (Lipinski definition) is 6. The number of piperidine rings is 1. The molecule has 4 N–H and O–H groups in total. The Hall–Kier alpha value is -2.46. The zero-order valence-corrected chi connectivity index (χ0v) is 18.2. The zero-order valence-electron chi connectivity index (χ0n) is 17.4. The highest BCUT2D eigenvalue weighted by Gasteiger charge is 2.32. The molecule has 4 rings (SSSR count). The number of benzene rings is 2. The van der Waals surface area contributed by atoms with E-state index in [1.165, 1.54) is 12.1 Å². The molecule has 0 spiro atoms. The van der Waals surface area contributed by atoms with Crippen molar-refractivity contribution in [1.82, 2.24) is 15.2 Å². The lowest BCUT2D eigenvalue weighted by atomic mass is 10.0. The van der Waals surface area contributed by atoms with E-state index >= 15 is 0 Å². The van der Waals surface area contributed by atoms with Crippen molar-refractivity contribution < 1.29 is 18.3 Å². The number of nitrogens with one attached hydrogen (secondary N) is 3. The molecule has 2 heterocycles. The number of phenols is 1. The molecule has 2 aliphatic heterocycles. The van der Waals surface area contributed by atoms with E-state index in [9.17, 15) is 18.3 Å². The summed E-state index contributed by atoms with van der Waals surface area (Å²) in [5.74, 6) is -0.0478. The van der Waals surface area contributed by atoms with Crippen LogP contribution in [-0.4, -0.2) is 42.4 Å². The monoisotopic (exact) mass is 444 g/mol. The number of hydrazine groups is 1. The van der Waals surface area contributed by atoms with Gasteiger partial charge in [-0.3, -0.25) is 4.79 Å². The minimum absolute atomic E-state index is 0.00364. The van der Waals surface area contributed by atoms with Crippen molar-refractivity contribution in [2.75, 3.05) is 11.9 Å². The minimum atomic E-state index is -3.54. The molecule has 0 radical (unpaired) electrons. The summed E-state index contributed by atoms with van der Waals surface area (Å²) in [6.07, 6.45) is 3.27. The molecule has 2 aromatic rings. The molecule has 2 aromatic carbocycles. The average molecular weight is 445 g/mol. The van der Waals surface area contributed by atoms with Crippen LogP contribution in [0.15, 0.2) is 53.4 Å². The Balaban J connectivity index is 1.39. The first-order chi connectivity index (χ1) is 14.9. The number of anilines is 1. The maximum absolute atomic E-state index is 12.9. The summed E-state index contributed by atoms with van der Waals surface area (Å²) >= 11 is 0. The first-order valence-corrected chi connectivity index (χ1v) is 12.0. The maximum Gasteiger partial charge on any atom is 0.243 e. The lowest BCUT2D eigenvalue weighted by molar-refractivity contribution is -0.117. The second-order valence-corrected chi connectivity index (χ2v) is 10.1. The van der Waals surface area contributed by atoms with Gasteiger partial charge >= 0.3 is 0 Å². The summed E-state index contributed by atoms with van der Waals surface area (Å²) in [6.45, 7) is 2.48. The Bertz CT molecular complexity index is 1040. The average Bonchev–Trinajstić information content (AvgIpc) is 3.25. The van der Waals surface area contributed by atoms with Crippen LogP contribution in [0.25, 0.3) is 0 Å². The van der Waals surface area contributed by atoms with E-state index < -0.39 is 16.1 Å². The number of carbonyl (C=O) groups is 1. The molecule has 3 atom stereocenters. The molecule has 0 bridgehead atoms. The number of phenolic OH excluding ortho intramolecular Hbond substituents is 1. The first kappa shape index (κ1) is 21.8. The molecule has 0 aromatic heterocycles. The highest BCUT2D eigenvalue weighted by atomic mass is 32.2. The normalized spacial score (nSPS) is 24.7. The molecule has 31 heavy (non-hydrogen) atoms. The Morgan fingerprint density at radius 3 is 2.55 bits per heavy atom. The van der Waals surface area contributed by atoms with Gasteiger partial charge in [0, 0.05) is 23.8 Å². The van der Waals surface area contributed by atoms with E-state index in [0.29, 0.717) is 18.7 Å². The van der Waals surface area contributed by atoms with Crippen molar-refractivity contribution in [3.8, 4) is 5.75 Å². The smallest absolute Gasteiger partial charge is 0.243 e. The number of carbonyl (C=O) groups excluding carboxylic acids is 1. The molecule has 2 aliphatic rings. The SMILES string of the molecule is CC1CCCCN1S(=O)(=O)c1ccc(NC(=O)C2CC(c3ccccc3O)NN2)cc1. The maximum atomic E-state index is 12.9. The molecule has 166 valence electrons. The van der Waals surface area contributed by atoms with Crippen molar-refractivity contribution in [3.63, 3.8) is 0 Å². The number of hydrogen-bond donors (Lipinski definition) is 4. The van der Waals surface area contributed by atoms with E-state index in [1.807, 2.05) is 19.1 Å². The summed E-state index contributed by atoms with van der Waals surface area (Å²) in [5, 5.41) is 12.8. The van der Waals surface area contributed by atoms with Crippen LogP contribution in [0.5, 0.6) is 5.75 Å². The molecule has 2 fully saturated rings. The second-order valence-electron chi connectivity index (χ2n) is 8.16. The quantitative estimate of drug-likeness (QED) is 0.564. The largest absolute Gasteiger partial charge is 0.508 e. The fourth-order valence-electron chi connectivity index (χ4n) is 4.22. The van der Waals surface area contributed by atoms with Crippen LogP contribution in [0.2, 0.25) is 0 Å². The van der Waals surface area contributed by atoms with Crippen LogP contribution in [0.3, 0.4) is 0 Å². The van der Waals surface area contributed by atoms with Crippen LogP contribution in [0.1, 0.15) is 44.2 Å². The third-order valence-corrected chi connectivity index (χ3v) is 8.03. The Morgan fingerprint density at radius 2 is 1.84 bits per heavy atom. The lowest BCUT2D eigenvalue weighted by Gasteiger charge is -2.32. The van der Waals surface area contributed by atoms with Crippen LogP contribution in [-0.2, 0) is 14.8 Å². The van der Waals surface area contributed by atoms with Gasteiger partial charge in [-0.25, -0.2) is 19.3 Å². The van der Waals surface area contributed by atoms with Gasteiger partial charge in [0.15, 0.2) is 0 Å². The highest BCUT2D eigenvalue weighted by Crippen LogP contribution is 2.30. The Labute approximate surface area is 182 Å². The van der Waals surface area contributed by atoms with Crippen LogP contribution in [0.4, 0.5) is 5.69 Å². The molecule has 3 unspecified atom stereocenters. The first-order valence-electron chi connectivity index (χ1n) is 10.6. The predicted octanol–water partition coefficient (Wildman–Crippen LogP) is 2.50. The Morgan fingerprint density at radius 1 is 1.10 bits per heavy atom. The third kappa shape index (κ3) is 4.59. The summed E-state index contributed by atoms with van der Waals surface area (Å²) in [6, 6.07) is 12.7. The van der Waals surface area contributed by atoms with Gasteiger partial charge in [-0.1, -0.05) is 24.6 Å². The second kappa shape index (κ2) is 8.96. The standard InChI is InChI=1S/C22H28N4O4S/c1-15-6-4-5-13-26(15)31(29,30)17-11-9-16(10-12-17)23-22(28)20-14-19(24-25-20)18-7-2-3-8-21(18)27/h2-3,7-12,15,19-20,24-25,27H,4-6,13-14H2,1H3,(H,23,28). The molecular weight excluding hydrogens is 416 g/mol. The zero-order chi connectivity index (χ0) is 22.0. The number of para-hydroxylation sites is 1. The molecule has 0 aliphatic carbocycles. The van der Waals surface area contributed by atoms with Crippen LogP contribution < -0.4 is 16.2 Å². The topological polar surface area (TPSA) is 111 Å². The minimum Gasteiger partial charge on any atom is -0.508 e. The molecule has 2 saturated heterocycles. The van der Waals surface area contributed by atoms with Gasteiger partial charge in [-0.2, -0.15) is 4.31 Å². The van der Waals surface area contributed by atoms with Crippen molar-refractivity contribution in [3.05, 3.63) is 54.1 Å². The van der Waals surface area contributed by atoms with Crippen molar-refractivity contribution in [1.29, 1.82) is 0 Å². The summed E-state index contributed by atoms with van der Waals surface area (Å²) in [4.78, 5) is 12.9. The number of sulfonamides is 1. The number of rotatable bonds is 5. The van der Waals surface area contributed by atoms with Gasteiger partial charge in [0.05, 0.1) is 10.9 Å². The van der Waals surface area contributed by atoms with Gasteiger partial charge in [-0.05, 0) is 56.5 Å². The third-order valence-electron chi connectivity index (χ3n) is 6.00.